The molecule has 1 atom stereocenters. The van der Waals surface area contributed by atoms with Gasteiger partial charge in [-0.05, 0) is 18.1 Å². The number of nitrogens with zero attached hydrogens (tertiary/aromatic N) is 1. The maximum absolute atomic E-state index is 12.3. The number of benzene rings is 1. The van der Waals surface area contributed by atoms with E-state index in [4.69, 9.17) is 10.8 Å². The van der Waals surface area contributed by atoms with Gasteiger partial charge in [-0.2, -0.15) is 0 Å². The molecule has 114 valence electrons. The van der Waals surface area contributed by atoms with Crippen molar-refractivity contribution in [1.82, 2.24) is 10.2 Å². The second-order valence-electron chi connectivity index (χ2n) is 4.74. The molecule has 1 aromatic rings. The van der Waals surface area contributed by atoms with E-state index >= 15 is 0 Å². The third-order valence-electron chi connectivity index (χ3n) is 3.34. The van der Waals surface area contributed by atoms with Crippen LogP contribution in [-0.4, -0.2) is 34.5 Å². The molecule has 0 bridgehead atoms. The number of hydrogen-bond donors (Lipinski definition) is 3. The summed E-state index contributed by atoms with van der Waals surface area (Å²) in [5.41, 5.74) is 5.74. The third-order valence-corrected chi connectivity index (χ3v) is 3.34. The molecule has 0 aliphatic carbocycles. The number of nitrogens with one attached hydrogen (secondary N) is 1. The Bertz CT molecular complexity index is 575. The van der Waals surface area contributed by atoms with E-state index in [1.807, 2.05) is 0 Å². The largest absolute Gasteiger partial charge is 0.480 e. The molecule has 1 unspecified atom stereocenters. The van der Waals surface area contributed by atoms with E-state index < -0.39 is 30.0 Å². The highest BCUT2D eigenvalue weighted by atomic mass is 35.5. The first-order chi connectivity index (χ1) is 9.38. The number of rotatable bonds is 4. The number of hydrogen-bond acceptors (Lipinski definition) is 4. The van der Waals surface area contributed by atoms with E-state index in [2.05, 4.69) is 5.32 Å². The van der Waals surface area contributed by atoms with E-state index in [0.717, 1.165) is 5.56 Å². The summed E-state index contributed by atoms with van der Waals surface area (Å²) in [6.07, 6.45) is 0. The van der Waals surface area contributed by atoms with E-state index in [1.165, 1.54) is 0 Å². The minimum absolute atomic E-state index is 0. The van der Waals surface area contributed by atoms with Crippen LogP contribution < -0.4 is 11.1 Å². The number of nitrogens with two attached hydrogens (primary N) is 1. The van der Waals surface area contributed by atoms with Crippen molar-refractivity contribution in [2.24, 2.45) is 5.73 Å². The summed E-state index contributed by atoms with van der Waals surface area (Å²) >= 11 is 0. The normalized spacial score (nSPS) is 21.0. The highest BCUT2D eigenvalue weighted by molar-refractivity contribution is 6.08. The van der Waals surface area contributed by atoms with E-state index in [-0.39, 0.29) is 12.4 Å². The van der Waals surface area contributed by atoms with Gasteiger partial charge in [0.1, 0.15) is 12.1 Å². The zero-order chi connectivity index (χ0) is 14.9. The second-order valence-corrected chi connectivity index (χ2v) is 4.74. The van der Waals surface area contributed by atoms with Crippen molar-refractivity contribution in [3.63, 3.8) is 0 Å². The summed E-state index contributed by atoms with van der Waals surface area (Å²) in [4.78, 5) is 35.4. The molecular weight excluding hydrogens is 298 g/mol. The molecule has 3 amide bonds. The molecule has 1 aliphatic rings. The molecule has 0 radical (unpaired) electrons. The lowest BCUT2D eigenvalue weighted by molar-refractivity contribution is -0.142. The molecule has 8 heteroatoms. The number of amides is 3. The number of carbonyl (C=O) groups is 3. The number of carboxylic acids is 1. The van der Waals surface area contributed by atoms with Crippen molar-refractivity contribution in [1.29, 1.82) is 0 Å². The molecule has 0 spiro atoms. The van der Waals surface area contributed by atoms with Crippen LogP contribution in [0.25, 0.3) is 0 Å². The second kappa shape index (κ2) is 6.11. The number of imide groups is 1. The van der Waals surface area contributed by atoms with Crippen LogP contribution in [0, 0.1) is 0 Å². The minimum atomic E-state index is -1.25. The standard InChI is InChI=1S/C13H15N3O4.ClH/c1-13(9-4-2-8(6-14)3-5-9)11(19)16(7-10(17)18)12(20)15-13;/h2-5H,6-7,14H2,1H3,(H,15,20)(H,17,18);1H. The van der Waals surface area contributed by atoms with Crippen molar-refractivity contribution in [2.45, 2.75) is 19.0 Å². The SMILES string of the molecule is CC1(c2ccc(CN)cc2)NC(=O)N(CC(=O)O)C1=O.Cl. The van der Waals surface area contributed by atoms with Crippen molar-refractivity contribution in [3.8, 4) is 0 Å². The van der Waals surface area contributed by atoms with E-state index in [9.17, 15) is 14.4 Å². The Labute approximate surface area is 127 Å². The lowest BCUT2D eigenvalue weighted by atomic mass is 9.91. The Morgan fingerprint density at radius 1 is 1.33 bits per heavy atom. The molecular formula is C13H16ClN3O4. The van der Waals surface area contributed by atoms with Gasteiger partial charge < -0.3 is 16.2 Å². The molecule has 1 heterocycles. The van der Waals surface area contributed by atoms with Gasteiger partial charge in [-0.3, -0.25) is 14.5 Å². The lowest BCUT2D eigenvalue weighted by Gasteiger charge is -2.22. The summed E-state index contributed by atoms with van der Waals surface area (Å²) in [5.74, 6) is -1.82. The maximum Gasteiger partial charge on any atom is 0.325 e. The van der Waals surface area contributed by atoms with Gasteiger partial charge in [0.2, 0.25) is 0 Å². The molecule has 1 aliphatic heterocycles. The molecule has 0 saturated carbocycles. The fourth-order valence-corrected chi connectivity index (χ4v) is 2.15. The van der Waals surface area contributed by atoms with Crippen molar-refractivity contribution >= 4 is 30.3 Å². The predicted molar refractivity (Wildman–Crippen MR) is 76.8 cm³/mol. The number of halogens is 1. The molecule has 1 aromatic carbocycles. The van der Waals surface area contributed by atoms with E-state index in [0.29, 0.717) is 17.0 Å². The Hall–Kier alpha value is -2.12. The zero-order valence-corrected chi connectivity index (χ0v) is 12.1. The summed E-state index contributed by atoms with van der Waals surface area (Å²) in [6.45, 7) is 1.27. The number of carbonyl (C=O) groups excluding carboxylic acids is 2. The summed E-state index contributed by atoms with van der Waals surface area (Å²) in [7, 11) is 0. The molecule has 2 rings (SSSR count). The summed E-state index contributed by atoms with van der Waals surface area (Å²) in [5, 5.41) is 11.3. The van der Waals surface area contributed by atoms with Gasteiger partial charge >= 0.3 is 12.0 Å². The van der Waals surface area contributed by atoms with Crippen LogP contribution in [0.15, 0.2) is 24.3 Å². The van der Waals surface area contributed by atoms with Gasteiger partial charge in [-0.1, -0.05) is 24.3 Å². The maximum atomic E-state index is 12.3. The molecule has 1 fully saturated rings. The molecule has 7 nitrogen and oxygen atoms in total. The highest BCUT2D eigenvalue weighted by Crippen LogP contribution is 2.28. The molecule has 1 saturated heterocycles. The average Bonchev–Trinajstić information content (AvgIpc) is 2.63. The fraction of sp³-hybridized carbons (Fsp3) is 0.308. The number of carboxylic acid groups (broad SMARTS) is 1. The zero-order valence-electron chi connectivity index (χ0n) is 11.3. The molecule has 21 heavy (non-hydrogen) atoms. The van der Waals surface area contributed by atoms with Gasteiger partial charge in [0.25, 0.3) is 5.91 Å². The quantitative estimate of drug-likeness (QED) is 0.697. The third kappa shape index (κ3) is 2.98. The van der Waals surface area contributed by atoms with Gasteiger partial charge in [0.15, 0.2) is 0 Å². The van der Waals surface area contributed by atoms with Crippen LogP contribution in [0.1, 0.15) is 18.1 Å². The van der Waals surface area contributed by atoms with Crippen LogP contribution in [0.3, 0.4) is 0 Å². The summed E-state index contributed by atoms with van der Waals surface area (Å²) < 4.78 is 0. The average molecular weight is 314 g/mol. The molecule has 0 aromatic heterocycles. The fourth-order valence-electron chi connectivity index (χ4n) is 2.15. The minimum Gasteiger partial charge on any atom is -0.480 e. The first-order valence-electron chi connectivity index (χ1n) is 6.04. The molecule has 4 N–H and O–H groups in total. The van der Waals surface area contributed by atoms with Gasteiger partial charge in [-0.25, -0.2) is 4.79 Å². The number of aliphatic carboxylic acids is 1. The van der Waals surface area contributed by atoms with Crippen LogP contribution in [0.2, 0.25) is 0 Å². The highest BCUT2D eigenvalue weighted by Gasteiger charge is 2.49. The Balaban J connectivity index is 0.00000220. The Morgan fingerprint density at radius 3 is 2.38 bits per heavy atom. The van der Waals surface area contributed by atoms with Crippen LogP contribution in [-0.2, 0) is 21.7 Å². The number of urea groups is 1. The van der Waals surface area contributed by atoms with Crippen LogP contribution in [0.5, 0.6) is 0 Å². The predicted octanol–water partition coefficient (Wildman–Crippen LogP) is 0.419. The van der Waals surface area contributed by atoms with Crippen molar-refractivity contribution in [3.05, 3.63) is 35.4 Å². The van der Waals surface area contributed by atoms with E-state index in [1.54, 1.807) is 31.2 Å². The van der Waals surface area contributed by atoms with Crippen LogP contribution >= 0.6 is 12.4 Å². The Morgan fingerprint density at radius 2 is 1.90 bits per heavy atom. The smallest absolute Gasteiger partial charge is 0.325 e. The van der Waals surface area contributed by atoms with Gasteiger partial charge in [0, 0.05) is 6.54 Å². The monoisotopic (exact) mass is 313 g/mol. The first kappa shape index (κ1) is 16.9. The summed E-state index contributed by atoms with van der Waals surface area (Å²) in [6, 6.07) is 6.22. The van der Waals surface area contributed by atoms with Crippen LogP contribution in [0.4, 0.5) is 4.79 Å². The van der Waals surface area contributed by atoms with Gasteiger partial charge in [-0.15, -0.1) is 12.4 Å². The Kier molecular flexibility index (Phi) is 4.93. The van der Waals surface area contributed by atoms with Crippen molar-refractivity contribution < 1.29 is 19.5 Å². The lowest BCUT2D eigenvalue weighted by Crippen LogP contribution is -2.41. The van der Waals surface area contributed by atoms with Gasteiger partial charge in [0.05, 0.1) is 0 Å². The van der Waals surface area contributed by atoms with Crippen molar-refractivity contribution in [2.75, 3.05) is 6.54 Å². The first-order valence-corrected chi connectivity index (χ1v) is 6.04. The topological polar surface area (TPSA) is 113 Å².